The van der Waals surface area contributed by atoms with Crippen molar-refractivity contribution in [3.8, 4) is 0 Å². The van der Waals surface area contributed by atoms with E-state index in [1.807, 2.05) is 37.4 Å². The van der Waals surface area contributed by atoms with E-state index in [2.05, 4.69) is 20.7 Å². The van der Waals surface area contributed by atoms with E-state index >= 15 is 0 Å². The minimum Gasteiger partial charge on any atom is -0.311 e. The second-order valence-corrected chi connectivity index (χ2v) is 4.73. The summed E-state index contributed by atoms with van der Waals surface area (Å²) < 4.78 is 1.73. The maximum absolute atomic E-state index is 11.6. The number of benzene rings is 1. The number of thioether (sulfide) groups is 1. The Morgan fingerprint density at radius 3 is 2.68 bits per heavy atom. The molecule has 0 atom stereocenters. The highest BCUT2D eigenvalue weighted by molar-refractivity contribution is 8.15. The first-order chi connectivity index (χ1) is 9.16. The van der Waals surface area contributed by atoms with Gasteiger partial charge in [0.05, 0.1) is 5.69 Å². The molecule has 0 radical (unpaired) electrons. The molecule has 0 fully saturated rings. The Morgan fingerprint density at radius 1 is 1.37 bits per heavy atom. The van der Waals surface area contributed by atoms with Gasteiger partial charge in [-0.1, -0.05) is 18.2 Å². The van der Waals surface area contributed by atoms with Gasteiger partial charge in [0, 0.05) is 14.0 Å². The lowest BCUT2D eigenvalue weighted by atomic mass is 10.3. The van der Waals surface area contributed by atoms with Crippen molar-refractivity contribution >= 4 is 28.3 Å². The Hall–Kier alpha value is -2.15. The summed E-state index contributed by atoms with van der Waals surface area (Å²) in [5.74, 6) is -0.128. The standard InChI is InChI=1S/C12H13N5OS/c1-9(18)11(19-12-16-13-8-17(12)2)15-14-10-6-4-3-5-7-10/h3-8,14H,1-2H3/b15-11-. The zero-order chi connectivity index (χ0) is 13.7. The Bertz CT molecular complexity index is 593. The Balaban J connectivity index is 2.12. The molecule has 0 unspecified atom stereocenters. The van der Waals surface area contributed by atoms with E-state index in [4.69, 9.17) is 0 Å². The first kappa shape index (κ1) is 13.3. The number of nitrogens with one attached hydrogen (secondary N) is 1. The van der Waals surface area contributed by atoms with Gasteiger partial charge in [-0.05, 0) is 23.9 Å². The molecular formula is C12H13N5OS. The molecule has 0 aliphatic rings. The summed E-state index contributed by atoms with van der Waals surface area (Å²) in [4.78, 5) is 11.6. The van der Waals surface area contributed by atoms with Crippen molar-refractivity contribution in [1.82, 2.24) is 14.8 Å². The third-order valence-electron chi connectivity index (χ3n) is 2.22. The van der Waals surface area contributed by atoms with Gasteiger partial charge < -0.3 is 4.57 Å². The van der Waals surface area contributed by atoms with E-state index in [9.17, 15) is 4.79 Å². The predicted octanol–water partition coefficient (Wildman–Crippen LogP) is 1.92. The number of ketones is 1. The third-order valence-corrected chi connectivity index (χ3v) is 3.34. The van der Waals surface area contributed by atoms with Crippen LogP contribution in [0.2, 0.25) is 0 Å². The Kier molecular flexibility index (Phi) is 4.30. The van der Waals surface area contributed by atoms with Crippen LogP contribution in [0.5, 0.6) is 0 Å². The van der Waals surface area contributed by atoms with E-state index in [-0.39, 0.29) is 5.78 Å². The summed E-state index contributed by atoms with van der Waals surface area (Å²) in [6.07, 6.45) is 1.57. The average Bonchev–Trinajstić information content (AvgIpc) is 2.81. The monoisotopic (exact) mass is 275 g/mol. The summed E-state index contributed by atoms with van der Waals surface area (Å²) in [6.45, 7) is 1.47. The molecule has 0 aliphatic carbocycles. The number of hydrazone groups is 1. The number of carbonyl (C=O) groups is 1. The van der Waals surface area contributed by atoms with Crippen LogP contribution in [-0.4, -0.2) is 25.6 Å². The van der Waals surface area contributed by atoms with Crippen LogP contribution in [0.4, 0.5) is 5.69 Å². The van der Waals surface area contributed by atoms with Crippen molar-refractivity contribution in [2.45, 2.75) is 12.1 Å². The van der Waals surface area contributed by atoms with Gasteiger partial charge in [0.1, 0.15) is 6.33 Å². The largest absolute Gasteiger partial charge is 0.311 e. The van der Waals surface area contributed by atoms with E-state index in [0.29, 0.717) is 10.2 Å². The minimum absolute atomic E-state index is 0.128. The maximum atomic E-state index is 11.6. The molecule has 19 heavy (non-hydrogen) atoms. The number of para-hydroxylation sites is 1. The zero-order valence-corrected chi connectivity index (χ0v) is 11.4. The number of hydrogen-bond acceptors (Lipinski definition) is 6. The van der Waals surface area contributed by atoms with Gasteiger partial charge in [0.25, 0.3) is 0 Å². The number of carbonyl (C=O) groups excluding carboxylic acids is 1. The highest BCUT2D eigenvalue weighted by Crippen LogP contribution is 2.17. The molecule has 1 aromatic carbocycles. The molecule has 0 amide bonds. The van der Waals surface area contributed by atoms with E-state index in [1.54, 1.807) is 10.9 Å². The molecule has 98 valence electrons. The fraction of sp³-hybridized carbons (Fsp3) is 0.167. The first-order valence-electron chi connectivity index (χ1n) is 5.58. The van der Waals surface area contributed by atoms with Gasteiger partial charge in [0.2, 0.25) is 0 Å². The first-order valence-corrected chi connectivity index (χ1v) is 6.40. The van der Waals surface area contributed by atoms with Crippen LogP contribution in [0.3, 0.4) is 0 Å². The summed E-state index contributed by atoms with van der Waals surface area (Å²) in [6, 6.07) is 9.43. The van der Waals surface area contributed by atoms with Gasteiger partial charge >= 0.3 is 0 Å². The molecule has 2 rings (SSSR count). The van der Waals surface area contributed by atoms with Gasteiger partial charge in [0.15, 0.2) is 16.0 Å². The fourth-order valence-electron chi connectivity index (χ4n) is 1.25. The van der Waals surface area contributed by atoms with Crippen molar-refractivity contribution in [3.05, 3.63) is 36.7 Å². The molecule has 1 heterocycles. The molecule has 7 heteroatoms. The zero-order valence-electron chi connectivity index (χ0n) is 10.6. The molecule has 0 spiro atoms. The third kappa shape index (κ3) is 3.65. The van der Waals surface area contributed by atoms with Crippen molar-refractivity contribution in [3.63, 3.8) is 0 Å². The number of aryl methyl sites for hydroxylation is 1. The topological polar surface area (TPSA) is 72.2 Å². The molecule has 0 saturated carbocycles. The highest BCUT2D eigenvalue weighted by Gasteiger charge is 2.12. The van der Waals surface area contributed by atoms with Gasteiger partial charge in [-0.15, -0.1) is 10.2 Å². The summed E-state index contributed by atoms with van der Waals surface area (Å²) >= 11 is 1.18. The summed E-state index contributed by atoms with van der Waals surface area (Å²) in [5.41, 5.74) is 3.67. The molecular weight excluding hydrogens is 262 g/mol. The molecule has 0 aliphatic heterocycles. The van der Waals surface area contributed by atoms with Crippen LogP contribution >= 0.6 is 11.8 Å². The summed E-state index contributed by atoms with van der Waals surface area (Å²) in [7, 11) is 1.81. The van der Waals surface area contributed by atoms with Crippen molar-refractivity contribution in [1.29, 1.82) is 0 Å². The van der Waals surface area contributed by atoms with E-state index in [0.717, 1.165) is 5.69 Å². The van der Waals surface area contributed by atoms with Crippen molar-refractivity contribution in [2.24, 2.45) is 12.1 Å². The van der Waals surface area contributed by atoms with Gasteiger partial charge in [-0.2, -0.15) is 5.10 Å². The number of Topliss-reactive ketones (excluding diaryl/α,β-unsaturated/α-hetero) is 1. The van der Waals surface area contributed by atoms with E-state index in [1.165, 1.54) is 18.7 Å². The van der Waals surface area contributed by atoms with Crippen LogP contribution in [-0.2, 0) is 11.8 Å². The lowest BCUT2D eigenvalue weighted by Gasteiger charge is -2.03. The van der Waals surface area contributed by atoms with Crippen LogP contribution in [0.1, 0.15) is 6.92 Å². The minimum atomic E-state index is -0.128. The SMILES string of the molecule is CC(=O)/C(=N/Nc1ccccc1)Sc1nncn1C. The second-order valence-electron chi connectivity index (χ2n) is 3.78. The average molecular weight is 275 g/mol. The molecule has 2 aromatic rings. The fourth-order valence-corrected chi connectivity index (χ4v) is 1.94. The number of rotatable bonds is 4. The van der Waals surface area contributed by atoms with E-state index < -0.39 is 0 Å². The predicted molar refractivity (Wildman–Crippen MR) is 75.0 cm³/mol. The van der Waals surface area contributed by atoms with Crippen molar-refractivity contribution in [2.75, 3.05) is 5.43 Å². The molecule has 1 N–H and O–H groups in total. The molecule has 1 aromatic heterocycles. The highest BCUT2D eigenvalue weighted by atomic mass is 32.2. The Labute approximate surface area is 114 Å². The molecule has 6 nitrogen and oxygen atoms in total. The normalized spacial score (nSPS) is 11.4. The molecule has 0 bridgehead atoms. The van der Waals surface area contributed by atoms with Crippen LogP contribution in [0.15, 0.2) is 46.9 Å². The Morgan fingerprint density at radius 2 is 2.11 bits per heavy atom. The van der Waals surface area contributed by atoms with Gasteiger partial charge in [-0.25, -0.2) is 0 Å². The van der Waals surface area contributed by atoms with Crippen molar-refractivity contribution < 1.29 is 4.79 Å². The smallest absolute Gasteiger partial charge is 0.197 e. The molecule has 0 saturated heterocycles. The lowest BCUT2D eigenvalue weighted by molar-refractivity contribution is -0.110. The maximum Gasteiger partial charge on any atom is 0.197 e. The quantitative estimate of drug-likeness (QED) is 0.399. The van der Waals surface area contributed by atoms with Crippen LogP contribution < -0.4 is 5.43 Å². The number of anilines is 1. The number of aromatic nitrogens is 3. The van der Waals surface area contributed by atoms with Crippen LogP contribution in [0.25, 0.3) is 0 Å². The summed E-state index contributed by atoms with van der Waals surface area (Å²) in [5, 5.41) is 12.7. The number of hydrogen-bond donors (Lipinski definition) is 1. The lowest BCUT2D eigenvalue weighted by Crippen LogP contribution is -2.09. The number of nitrogens with zero attached hydrogens (tertiary/aromatic N) is 4. The van der Waals surface area contributed by atoms with Crippen LogP contribution in [0, 0.1) is 0 Å². The second kappa shape index (κ2) is 6.14. The van der Waals surface area contributed by atoms with Gasteiger partial charge in [-0.3, -0.25) is 10.2 Å².